The standard InChI is InChI=1S/C12H11F2NO2S2/c1-8-2-5-12(18-8)19(16,17)15-7-9-6-10(13)3-4-11(9)14/h2-6,15H,7H2,1H3. The summed E-state index contributed by atoms with van der Waals surface area (Å²) in [6.45, 7) is 1.50. The number of sulfonamides is 1. The molecule has 102 valence electrons. The Morgan fingerprint density at radius 3 is 2.58 bits per heavy atom. The van der Waals surface area contributed by atoms with Crippen molar-refractivity contribution in [2.75, 3.05) is 0 Å². The lowest BCUT2D eigenvalue weighted by atomic mass is 10.2. The first kappa shape index (κ1) is 14.1. The minimum Gasteiger partial charge on any atom is -0.207 e. The topological polar surface area (TPSA) is 46.2 Å². The normalized spacial score (nSPS) is 11.7. The van der Waals surface area contributed by atoms with Gasteiger partial charge in [-0.3, -0.25) is 0 Å². The maximum Gasteiger partial charge on any atom is 0.250 e. The molecule has 1 aromatic carbocycles. The van der Waals surface area contributed by atoms with Gasteiger partial charge in [-0.05, 0) is 37.3 Å². The van der Waals surface area contributed by atoms with Crippen LogP contribution in [0.1, 0.15) is 10.4 Å². The molecule has 1 N–H and O–H groups in total. The van der Waals surface area contributed by atoms with Crippen LogP contribution in [0.15, 0.2) is 34.5 Å². The van der Waals surface area contributed by atoms with E-state index in [1.807, 2.05) is 0 Å². The first-order valence-corrected chi connectivity index (χ1v) is 7.68. The average molecular weight is 303 g/mol. The zero-order valence-corrected chi connectivity index (χ0v) is 11.6. The molecule has 0 unspecified atom stereocenters. The highest BCUT2D eigenvalue weighted by atomic mass is 32.2. The van der Waals surface area contributed by atoms with E-state index in [-0.39, 0.29) is 16.3 Å². The van der Waals surface area contributed by atoms with Crippen molar-refractivity contribution >= 4 is 21.4 Å². The predicted molar refractivity (Wildman–Crippen MR) is 69.4 cm³/mol. The van der Waals surface area contributed by atoms with Crippen molar-refractivity contribution in [1.82, 2.24) is 4.72 Å². The second-order valence-electron chi connectivity index (χ2n) is 3.93. The van der Waals surface area contributed by atoms with Crippen LogP contribution in [0.25, 0.3) is 0 Å². The molecule has 0 bridgehead atoms. The van der Waals surface area contributed by atoms with Gasteiger partial charge in [0.2, 0.25) is 10.0 Å². The molecule has 7 heteroatoms. The lowest BCUT2D eigenvalue weighted by Gasteiger charge is -2.06. The molecule has 0 fully saturated rings. The van der Waals surface area contributed by atoms with Crippen molar-refractivity contribution in [3.63, 3.8) is 0 Å². The maximum atomic E-state index is 13.4. The van der Waals surface area contributed by atoms with E-state index in [0.717, 1.165) is 34.4 Å². The third-order valence-electron chi connectivity index (χ3n) is 2.44. The SMILES string of the molecule is Cc1ccc(S(=O)(=O)NCc2cc(F)ccc2F)s1. The molecule has 0 radical (unpaired) electrons. The zero-order valence-electron chi connectivity index (χ0n) is 9.98. The molecule has 0 aliphatic carbocycles. The van der Waals surface area contributed by atoms with E-state index in [4.69, 9.17) is 0 Å². The summed E-state index contributed by atoms with van der Waals surface area (Å²) in [5.41, 5.74) is -0.0307. The quantitative estimate of drug-likeness (QED) is 0.944. The molecule has 3 nitrogen and oxygen atoms in total. The van der Waals surface area contributed by atoms with Crippen LogP contribution in [0.5, 0.6) is 0 Å². The number of hydrogen-bond donors (Lipinski definition) is 1. The summed E-state index contributed by atoms with van der Waals surface area (Å²) in [5.74, 6) is -1.26. The summed E-state index contributed by atoms with van der Waals surface area (Å²) < 4.78 is 52.5. The fourth-order valence-electron chi connectivity index (χ4n) is 1.48. The van der Waals surface area contributed by atoms with Gasteiger partial charge in [-0.15, -0.1) is 11.3 Å². The summed E-state index contributed by atoms with van der Waals surface area (Å²) >= 11 is 1.12. The summed E-state index contributed by atoms with van der Waals surface area (Å²) in [4.78, 5) is 0.859. The van der Waals surface area contributed by atoms with Gasteiger partial charge in [0.1, 0.15) is 15.8 Å². The lowest BCUT2D eigenvalue weighted by molar-refractivity contribution is 0.568. The van der Waals surface area contributed by atoms with Gasteiger partial charge in [-0.1, -0.05) is 0 Å². The lowest BCUT2D eigenvalue weighted by Crippen LogP contribution is -2.23. The summed E-state index contributed by atoms with van der Waals surface area (Å²) in [7, 11) is -3.69. The molecule has 0 aliphatic heterocycles. The Morgan fingerprint density at radius 1 is 1.21 bits per heavy atom. The van der Waals surface area contributed by atoms with Crippen LogP contribution in [-0.4, -0.2) is 8.42 Å². The molecule has 0 spiro atoms. The fourth-order valence-corrected chi connectivity index (χ4v) is 3.81. The number of nitrogens with one attached hydrogen (secondary N) is 1. The minimum atomic E-state index is -3.69. The van der Waals surface area contributed by atoms with Gasteiger partial charge in [-0.2, -0.15) is 0 Å². The molecular formula is C12H11F2NO2S2. The Morgan fingerprint density at radius 2 is 1.95 bits per heavy atom. The van der Waals surface area contributed by atoms with Crippen molar-refractivity contribution in [2.24, 2.45) is 0 Å². The van der Waals surface area contributed by atoms with Crippen molar-refractivity contribution in [3.05, 3.63) is 52.4 Å². The number of aryl methyl sites for hydroxylation is 1. The molecule has 1 heterocycles. The predicted octanol–water partition coefficient (Wildman–Crippen LogP) is 2.81. The van der Waals surface area contributed by atoms with E-state index in [9.17, 15) is 17.2 Å². The largest absolute Gasteiger partial charge is 0.250 e. The van der Waals surface area contributed by atoms with E-state index < -0.39 is 21.7 Å². The molecular weight excluding hydrogens is 292 g/mol. The van der Waals surface area contributed by atoms with Gasteiger partial charge < -0.3 is 0 Å². The van der Waals surface area contributed by atoms with E-state index in [1.54, 1.807) is 13.0 Å². The van der Waals surface area contributed by atoms with Crippen LogP contribution in [0.3, 0.4) is 0 Å². The van der Waals surface area contributed by atoms with Crippen molar-refractivity contribution in [3.8, 4) is 0 Å². The Labute approximate surface area is 114 Å². The van der Waals surface area contributed by atoms with Gasteiger partial charge in [0.15, 0.2) is 0 Å². The molecule has 2 aromatic rings. The molecule has 0 atom stereocenters. The number of hydrogen-bond acceptors (Lipinski definition) is 3. The van der Waals surface area contributed by atoms with Gasteiger partial charge in [-0.25, -0.2) is 21.9 Å². The molecule has 0 aliphatic rings. The van der Waals surface area contributed by atoms with Gasteiger partial charge >= 0.3 is 0 Å². The summed E-state index contributed by atoms with van der Waals surface area (Å²) in [6, 6.07) is 6.08. The highest BCUT2D eigenvalue weighted by Crippen LogP contribution is 2.20. The second-order valence-corrected chi connectivity index (χ2v) is 7.21. The monoisotopic (exact) mass is 303 g/mol. The summed E-state index contributed by atoms with van der Waals surface area (Å²) in [5, 5.41) is 0. The molecule has 0 amide bonds. The zero-order chi connectivity index (χ0) is 14.0. The molecule has 0 saturated heterocycles. The van der Waals surface area contributed by atoms with Crippen LogP contribution < -0.4 is 4.72 Å². The highest BCUT2D eigenvalue weighted by Gasteiger charge is 2.16. The molecule has 19 heavy (non-hydrogen) atoms. The Hall–Kier alpha value is -1.31. The van der Waals surface area contributed by atoms with Crippen molar-refractivity contribution < 1.29 is 17.2 Å². The van der Waals surface area contributed by atoms with Crippen LogP contribution in [0.4, 0.5) is 8.78 Å². The Balaban J connectivity index is 2.16. The van der Waals surface area contributed by atoms with E-state index in [1.165, 1.54) is 6.07 Å². The van der Waals surface area contributed by atoms with Crippen LogP contribution in [0.2, 0.25) is 0 Å². The third kappa shape index (κ3) is 3.37. The highest BCUT2D eigenvalue weighted by molar-refractivity contribution is 7.91. The van der Waals surface area contributed by atoms with Crippen LogP contribution >= 0.6 is 11.3 Å². The number of rotatable bonds is 4. The first-order valence-electron chi connectivity index (χ1n) is 5.38. The molecule has 2 rings (SSSR count). The molecule has 1 aromatic heterocycles. The smallest absolute Gasteiger partial charge is 0.207 e. The average Bonchev–Trinajstić information content (AvgIpc) is 2.78. The number of halogens is 2. The summed E-state index contributed by atoms with van der Waals surface area (Å²) in [6.07, 6.45) is 0. The van der Waals surface area contributed by atoms with Crippen molar-refractivity contribution in [2.45, 2.75) is 17.7 Å². The Kier molecular flexibility index (Phi) is 3.98. The fraction of sp³-hybridized carbons (Fsp3) is 0.167. The van der Waals surface area contributed by atoms with E-state index in [2.05, 4.69) is 4.72 Å². The van der Waals surface area contributed by atoms with E-state index in [0.29, 0.717) is 0 Å². The second kappa shape index (κ2) is 5.36. The number of thiophene rings is 1. The van der Waals surface area contributed by atoms with Crippen LogP contribution in [0, 0.1) is 18.6 Å². The van der Waals surface area contributed by atoms with Gasteiger partial charge in [0, 0.05) is 17.0 Å². The maximum absolute atomic E-state index is 13.4. The minimum absolute atomic E-state index is 0.0307. The van der Waals surface area contributed by atoms with Crippen LogP contribution in [-0.2, 0) is 16.6 Å². The molecule has 0 saturated carbocycles. The third-order valence-corrected chi connectivity index (χ3v) is 5.33. The Bertz CT molecular complexity index is 696. The van der Waals surface area contributed by atoms with E-state index >= 15 is 0 Å². The van der Waals surface area contributed by atoms with Crippen molar-refractivity contribution in [1.29, 1.82) is 0 Å². The van der Waals surface area contributed by atoms with Gasteiger partial charge in [0.05, 0.1) is 0 Å². The number of benzene rings is 1. The first-order chi connectivity index (χ1) is 8.88. The van der Waals surface area contributed by atoms with Gasteiger partial charge in [0.25, 0.3) is 0 Å².